The minimum absolute atomic E-state index is 0.300. The lowest BCUT2D eigenvalue weighted by molar-refractivity contribution is 0.0697. The van der Waals surface area contributed by atoms with Crippen molar-refractivity contribution in [2.75, 3.05) is 0 Å². The summed E-state index contributed by atoms with van der Waals surface area (Å²) in [6.07, 6.45) is 6.22. The third-order valence-electron chi connectivity index (χ3n) is 4.15. The van der Waals surface area contributed by atoms with E-state index in [-0.39, 0.29) is 0 Å². The number of thiazole rings is 1. The van der Waals surface area contributed by atoms with E-state index in [2.05, 4.69) is 30.1 Å². The second kappa shape index (κ2) is 7.58. The molecule has 0 atom stereocenters. The van der Waals surface area contributed by atoms with E-state index in [1.807, 2.05) is 12.1 Å². The number of aromatic nitrogens is 1. The third-order valence-corrected chi connectivity index (χ3v) is 5.22. The summed E-state index contributed by atoms with van der Waals surface area (Å²) in [5, 5.41) is 9.92. The molecule has 3 nitrogen and oxygen atoms in total. The van der Waals surface area contributed by atoms with Crippen LogP contribution in [0.1, 0.15) is 48.5 Å². The van der Waals surface area contributed by atoms with Crippen molar-refractivity contribution in [3.8, 4) is 10.6 Å². The molecule has 0 bridgehead atoms. The predicted octanol–water partition coefficient (Wildman–Crippen LogP) is 5.78. The zero-order chi connectivity index (χ0) is 16.9. The number of nitrogens with zero attached hydrogens (tertiary/aromatic N) is 1. The van der Waals surface area contributed by atoms with Gasteiger partial charge in [-0.05, 0) is 42.7 Å². The van der Waals surface area contributed by atoms with Crippen molar-refractivity contribution in [2.24, 2.45) is 0 Å². The first-order chi connectivity index (χ1) is 11.7. The van der Waals surface area contributed by atoms with E-state index in [0.717, 1.165) is 22.5 Å². The summed E-state index contributed by atoms with van der Waals surface area (Å²) in [4.78, 5) is 15.6. The van der Waals surface area contributed by atoms with Crippen LogP contribution in [0, 0.1) is 0 Å². The van der Waals surface area contributed by atoms with Crippen LogP contribution in [0.4, 0.5) is 0 Å². The lowest BCUT2D eigenvalue weighted by atomic mass is 10.1. The summed E-state index contributed by atoms with van der Waals surface area (Å²) in [6.45, 7) is 2.23. The van der Waals surface area contributed by atoms with Crippen LogP contribution in [0.5, 0.6) is 0 Å². The van der Waals surface area contributed by atoms with E-state index in [9.17, 15) is 4.79 Å². The highest BCUT2D eigenvalue weighted by atomic mass is 32.1. The van der Waals surface area contributed by atoms with Gasteiger partial charge in [-0.25, -0.2) is 9.78 Å². The fourth-order valence-electron chi connectivity index (χ4n) is 2.76. The number of carbonyl (C=O) groups is 1. The van der Waals surface area contributed by atoms with Gasteiger partial charge in [-0.1, -0.05) is 44.4 Å². The van der Waals surface area contributed by atoms with Gasteiger partial charge in [0.2, 0.25) is 0 Å². The Bertz CT molecular complexity index is 836. The second-order valence-electron chi connectivity index (χ2n) is 6.01. The molecule has 0 saturated carbocycles. The summed E-state index contributed by atoms with van der Waals surface area (Å²) in [6, 6.07) is 13.4. The highest BCUT2D eigenvalue weighted by Crippen LogP contribution is 2.31. The Balaban J connectivity index is 1.79. The number of aryl methyl sites for hydroxylation is 1. The van der Waals surface area contributed by atoms with Gasteiger partial charge < -0.3 is 5.11 Å². The van der Waals surface area contributed by atoms with Crippen molar-refractivity contribution < 1.29 is 9.90 Å². The Morgan fingerprint density at radius 3 is 2.58 bits per heavy atom. The molecule has 0 aliphatic rings. The molecule has 124 valence electrons. The van der Waals surface area contributed by atoms with Gasteiger partial charge in [0, 0.05) is 5.56 Å². The van der Waals surface area contributed by atoms with Gasteiger partial charge in [0.1, 0.15) is 5.01 Å². The fourth-order valence-corrected chi connectivity index (χ4v) is 3.79. The Morgan fingerprint density at radius 2 is 1.88 bits per heavy atom. The van der Waals surface area contributed by atoms with E-state index in [1.165, 1.54) is 35.9 Å². The number of aromatic carboxylic acids is 1. The molecule has 1 aromatic heterocycles. The maximum absolute atomic E-state index is 10.9. The van der Waals surface area contributed by atoms with Crippen LogP contribution < -0.4 is 0 Å². The van der Waals surface area contributed by atoms with E-state index in [1.54, 1.807) is 23.5 Å². The van der Waals surface area contributed by atoms with Crippen LogP contribution in [-0.4, -0.2) is 16.1 Å². The largest absolute Gasteiger partial charge is 0.478 e. The van der Waals surface area contributed by atoms with Crippen molar-refractivity contribution in [1.29, 1.82) is 0 Å². The standard InChI is InChI=1S/C20H21NO2S/c1-2-3-4-5-6-14-7-12-17-18(13-14)24-19(21-17)15-8-10-16(11-9-15)20(22)23/h7-13H,2-6H2,1H3,(H,22,23). The minimum atomic E-state index is -0.904. The van der Waals surface area contributed by atoms with Crippen LogP contribution in [0.3, 0.4) is 0 Å². The molecule has 4 heteroatoms. The highest BCUT2D eigenvalue weighted by Gasteiger charge is 2.08. The average Bonchev–Trinajstić information content (AvgIpc) is 3.02. The number of carboxylic acid groups (broad SMARTS) is 1. The van der Waals surface area contributed by atoms with Crippen LogP contribution in [0.2, 0.25) is 0 Å². The lowest BCUT2D eigenvalue weighted by Crippen LogP contribution is -1.94. The minimum Gasteiger partial charge on any atom is -0.478 e. The number of carboxylic acids is 1. The number of hydrogen-bond acceptors (Lipinski definition) is 3. The Hall–Kier alpha value is -2.20. The number of unbranched alkanes of at least 4 members (excludes halogenated alkanes) is 3. The van der Waals surface area contributed by atoms with E-state index in [0.29, 0.717) is 5.56 Å². The molecule has 0 spiro atoms. The van der Waals surface area contributed by atoms with Crippen LogP contribution in [-0.2, 0) is 6.42 Å². The van der Waals surface area contributed by atoms with Crippen molar-refractivity contribution in [3.63, 3.8) is 0 Å². The maximum atomic E-state index is 10.9. The molecule has 0 saturated heterocycles. The molecule has 0 amide bonds. The number of hydrogen-bond donors (Lipinski definition) is 1. The van der Waals surface area contributed by atoms with Gasteiger partial charge in [0.15, 0.2) is 0 Å². The summed E-state index contributed by atoms with van der Waals surface area (Å²) >= 11 is 1.66. The van der Waals surface area contributed by atoms with Gasteiger partial charge in [-0.3, -0.25) is 0 Å². The molecule has 1 N–H and O–H groups in total. The summed E-state index contributed by atoms with van der Waals surface area (Å²) in [7, 11) is 0. The molecule has 0 aliphatic heterocycles. The first-order valence-corrected chi connectivity index (χ1v) is 9.22. The molecular weight excluding hydrogens is 318 g/mol. The van der Waals surface area contributed by atoms with Crippen LogP contribution in [0.15, 0.2) is 42.5 Å². The normalized spacial score (nSPS) is 11.0. The fraction of sp³-hybridized carbons (Fsp3) is 0.300. The zero-order valence-electron chi connectivity index (χ0n) is 13.8. The van der Waals surface area contributed by atoms with Crippen molar-refractivity contribution in [2.45, 2.75) is 39.0 Å². The topological polar surface area (TPSA) is 50.2 Å². The maximum Gasteiger partial charge on any atom is 0.335 e. The van der Waals surface area contributed by atoms with Gasteiger partial charge in [-0.2, -0.15) is 0 Å². The first-order valence-electron chi connectivity index (χ1n) is 8.40. The monoisotopic (exact) mass is 339 g/mol. The van der Waals surface area contributed by atoms with Gasteiger partial charge >= 0.3 is 5.97 Å². The number of fused-ring (bicyclic) bond motifs is 1. The molecule has 0 fully saturated rings. The zero-order valence-corrected chi connectivity index (χ0v) is 14.6. The third kappa shape index (κ3) is 3.82. The van der Waals surface area contributed by atoms with E-state index in [4.69, 9.17) is 5.11 Å². The first kappa shape index (κ1) is 16.7. The summed E-state index contributed by atoms with van der Waals surface area (Å²) in [5.74, 6) is -0.904. The van der Waals surface area contributed by atoms with Gasteiger partial charge in [-0.15, -0.1) is 11.3 Å². The average molecular weight is 339 g/mol. The molecule has 0 radical (unpaired) electrons. The molecule has 3 rings (SSSR count). The van der Waals surface area contributed by atoms with Crippen molar-refractivity contribution >= 4 is 27.5 Å². The van der Waals surface area contributed by atoms with Crippen LogP contribution in [0.25, 0.3) is 20.8 Å². The Labute approximate surface area is 146 Å². The summed E-state index contributed by atoms with van der Waals surface area (Å²) < 4.78 is 1.19. The smallest absolute Gasteiger partial charge is 0.335 e. The van der Waals surface area contributed by atoms with Gasteiger partial charge in [0.05, 0.1) is 15.8 Å². The SMILES string of the molecule is CCCCCCc1ccc2nc(-c3ccc(C(=O)O)cc3)sc2c1. The molecule has 24 heavy (non-hydrogen) atoms. The van der Waals surface area contributed by atoms with Gasteiger partial charge in [0.25, 0.3) is 0 Å². The lowest BCUT2D eigenvalue weighted by Gasteiger charge is -2.00. The summed E-state index contributed by atoms with van der Waals surface area (Å²) in [5.41, 5.74) is 3.64. The Morgan fingerprint density at radius 1 is 1.08 bits per heavy atom. The number of rotatable bonds is 7. The molecule has 2 aromatic carbocycles. The highest BCUT2D eigenvalue weighted by molar-refractivity contribution is 7.21. The van der Waals surface area contributed by atoms with Crippen molar-refractivity contribution in [3.05, 3.63) is 53.6 Å². The quantitative estimate of drug-likeness (QED) is 0.555. The molecule has 3 aromatic rings. The van der Waals surface area contributed by atoms with Crippen molar-refractivity contribution in [1.82, 2.24) is 4.98 Å². The molecule has 0 unspecified atom stereocenters. The van der Waals surface area contributed by atoms with E-state index >= 15 is 0 Å². The molecule has 1 heterocycles. The predicted molar refractivity (Wildman–Crippen MR) is 99.9 cm³/mol. The number of benzene rings is 2. The molecule has 0 aliphatic carbocycles. The van der Waals surface area contributed by atoms with E-state index < -0.39 is 5.97 Å². The van der Waals surface area contributed by atoms with Crippen LogP contribution >= 0.6 is 11.3 Å². The molecular formula is C20H21NO2S. The Kier molecular flexibility index (Phi) is 5.26. The second-order valence-corrected chi connectivity index (χ2v) is 7.04.